The van der Waals surface area contributed by atoms with E-state index in [1.165, 1.54) is 12.3 Å². The van der Waals surface area contributed by atoms with Crippen molar-refractivity contribution in [2.45, 2.75) is 20.1 Å². The second kappa shape index (κ2) is 7.42. The molecule has 0 aliphatic rings. The Bertz CT molecular complexity index is 641. The van der Waals surface area contributed by atoms with Crippen LogP contribution in [0.3, 0.4) is 0 Å². The summed E-state index contributed by atoms with van der Waals surface area (Å²) < 4.78 is 15.1. The SMILES string of the molecule is CCOC(=O)c1ccoc1COC(=O)c1ccc(CO)cc1. The molecule has 0 fully saturated rings. The van der Waals surface area contributed by atoms with E-state index in [0.717, 1.165) is 0 Å². The molecular formula is C16H16O6. The van der Waals surface area contributed by atoms with E-state index in [1.54, 1.807) is 31.2 Å². The molecule has 116 valence electrons. The average Bonchev–Trinajstić information content (AvgIpc) is 3.01. The van der Waals surface area contributed by atoms with E-state index in [-0.39, 0.29) is 31.1 Å². The summed E-state index contributed by atoms with van der Waals surface area (Å²) in [5.41, 5.74) is 1.29. The second-order valence-electron chi connectivity index (χ2n) is 4.41. The van der Waals surface area contributed by atoms with E-state index in [0.29, 0.717) is 11.1 Å². The first-order valence-electron chi connectivity index (χ1n) is 6.76. The van der Waals surface area contributed by atoms with Gasteiger partial charge in [-0.25, -0.2) is 9.59 Å². The minimum Gasteiger partial charge on any atom is -0.465 e. The Morgan fingerprint density at radius 2 is 1.82 bits per heavy atom. The summed E-state index contributed by atoms with van der Waals surface area (Å²) in [6, 6.07) is 7.85. The van der Waals surface area contributed by atoms with Crippen LogP contribution in [-0.2, 0) is 22.7 Å². The maximum Gasteiger partial charge on any atom is 0.341 e. The van der Waals surface area contributed by atoms with Gasteiger partial charge in [0.15, 0.2) is 12.4 Å². The third kappa shape index (κ3) is 3.73. The van der Waals surface area contributed by atoms with Crippen molar-refractivity contribution in [3.8, 4) is 0 Å². The first-order chi connectivity index (χ1) is 10.7. The lowest BCUT2D eigenvalue weighted by molar-refractivity contribution is 0.0422. The summed E-state index contributed by atoms with van der Waals surface area (Å²) in [5, 5.41) is 8.95. The molecule has 1 N–H and O–H groups in total. The molecule has 0 radical (unpaired) electrons. The van der Waals surface area contributed by atoms with Gasteiger partial charge in [0.2, 0.25) is 0 Å². The molecule has 1 aromatic carbocycles. The third-order valence-electron chi connectivity index (χ3n) is 2.95. The number of ether oxygens (including phenoxy) is 2. The summed E-state index contributed by atoms with van der Waals surface area (Å²) in [7, 11) is 0. The molecule has 0 aliphatic carbocycles. The van der Waals surface area contributed by atoms with E-state index in [9.17, 15) is 9.59 Å². The van der Waals surface area contributed by atoms with E-state index in [1.807, 2.05) is 0 Å². The highest BCUT2D eigenvalue weighted by atomic mass is 16.5. The molecule has 6 heteroatoms. The predicted molar refractivity (Wildman–Crippen MR) is 76.1 cm³/mol. The van der Waals surface area contributed by atoms with Crippen molar-refractivity contribution in [3.05, 3.63) is 59.0 Å². The molecule has 0 saturated carbocycles. The number of hydrogen-bond acceptors (Lipinski definition) is 6. The van der Waals surface area contributed by atoms with Crippen LogP contribution in [0.4, 0.5) is 0 Å². The second-order valence-corrected chi connectivity index (χ2v) is 4.41. The smallest absolute Gasteiger partial charge is 0.341 e. The van der Waals surface area contributed by atoms with Gasteiger partial charge in [0.05, 0.1) is 25.0 Å². The van der Waals surface area contributed by atoms with Gasteiger partial charge in [0, 0.05) is 0 Å². The maximum absolute atomic E-state index is 11.9. The summed E-state index contributed by atoms with van der Waals surface area (Å²) in [6.07, 6.45) is 1.34. The van der Waals surface area contributed by atoms with Crippen molar-refractivity contribution in [1.82, 2.24) is 0 Å². The molecule has 1 heterocycles. The molecule has 0 spiro atoms. The van der Waals surface area contributed by atoms with Crippen molar-refractivity contribution in [2.75, 3.05) is 6.61 Å². The summed E-state index contributed by atoms with van der Waals surface area (Å²) in [6.45, 7) is 1.69. The summed E-state index contributed by atoms with van der Waals surface area (Å²) >= 11 is 0. The van der Waals surface area contributed by atoms with Crippen LogP contribution in [-0.4, -0.2) is 23.7 Å². The summed E-state index contributed by atoms with van der Waals surface area (Å²) in [5.74, 6) is -0.830. The first kappa shape index (κ1) is 15.8. The normalized spacial score (nSPS) is 10.3. The highest BCUT2D eigenvalue weighted by Crippen LogP contribution is 2.15. The van der Waals surface area contributed by atoms with E-state index < -0.39 is 11.9 Å². The Balaban J connectivity index is 1.99. The number of carbonyl (C=O) groups is 2. The van der Waals surface area contributed by atoms with Crippen LogP contribution in [0.2, 0.25) is 0 Å². The molecule has 0 atom stereocenters. The minimum atomic E-state index is -0.546. The molecule has 0 unspecified atom stereocenters. The Hall–Kier alpha value is -2.60. The maximum atomic E-state index is 11.9. The predicted octanol–water partition coefficient (Wildman–Crippen LogP) is 2.31. The lowest BCUT2D eigenvalue weighted by Crippen LogP contribution is -2.09. The van der Waals surface area contributed by atoms with E-state index >= 15 is 0 Å². The third-order valence-corrected chi connectivity index (χ3v) is 2.95. The fourth-order valence-corrected chi connectivity index (χ4v) is 1.80. The van der Waals surface area contributed by atoms with Gasteiger partial charge in [0.25, 0.3) is 0 Å². The molecule has 2 rings (SSSR count). The van der Waals surface area contributed by atoms with Gasteiger partial charge in [-0.1, -0.05) is 12.1 Å². The Morgan fingerprint density at radius 3 is 2.45 bits per heavy atom. The van der Waals surface area contributed by atoms with Crippen molar-refractivity contribution in [3.63, 3.8) is 0 Å². The Morgan fingerprint density at radius 1 is 1.09 bits per heavy atom. The van der Waals surface area contributed by atoms with Crippen LogP contribution >= 0.6 is 0 Å². The molecule has 22 heavy (non-hydrogen) atoms. The summed E-state index contributed by atoms with van der Waals surface area (Å²) in [4.78, 5) is 23.6. The molecular weight excluding hydrogens is 288 g/mol. The van der Waals surface area contributed by atoms with Gasteiger partial charge in [-0.2, -0.15) is 0 Å². The molecule has 0 saturated heterocycles. The van der Waals surface area contributed by atoms with Crippen molar-refractivity contribution in [1.29, 1.82) is 0 Å². The highest BCUT2D eigenvalue weighted by molar-refractivity contribution is 5.91. The number of furan rings is 1. The van der Waals surface area contributed by atoms with Gasteiger partial charge in [0.1, 0.15) is 5.56 Å². The van der Waals surface area contributed by atoms with Gasteiger partial charge in [-0.3, -0.25) is 0 Å². The van der Waals surface area contributed by atoms with Gasteiger partial charge >= 0.3 is 11.9 Å². The zero-order valence-corrected chi connectivity index (χ0v) is 12.1. The number of aliphatic hydroxyl groups excluding tert-OH is 1. The monoisotopic (exact) mass is 304 g/mol. The molecule has 0 amide bonds. The fraction of sp³-hybridized carbons (Fsp3) is 0.250. The average molecular weight is 304 g/mol. The standard InChI is InChI=1S/C16H16O6/c1-2-20-16(19)13-7-8-21-14(13)10-22-15(18)12-5-3-11(9-17)4-6-12/h3-8,17H,2,9-10H2,1H3. The minimum absolute atomic E-state index is 0.0926. The number of rotatable bonds is 6. The van der Waals surface area contributed by atoms with Gasteiger partial charge in [-0.15, -0.1) is 0 Å². The van der Waals surface area contributed by atoms with Crippen molar-refractivity contribution < 1.29 is 28.6 Å². The van der Waals surface area contributed by atoms with Crippen LogP contribution in [0, 0.1) is 0 Å². The zero-order chi connectivity index (χ0) is 15.9. The van der Waals surface area contributed by atoms with E-state index in [4.69, 9.17) is 19.0 Å². The quantitative estimate of drug-likeness (QED) is 0.824. The lowest BCUT2D eigenvalue weighted by atomic mass is 10.1. The van der Waals surface area contributed by atoms with E-state index in [2.05, 4.69) is 0 Å². The van der Waals surface area contributed by atoms with Crippen molar-refractivity contribution >= 4 is 11.9 Å². The van der Waals surface area contributed by atoms with Crippen LogP contribution in [0.1, 0.15) is 39.0 Å². The number of esters is 2. The fourth-order valence-electron chi connectivity index (χ4n) is 1.80. The van der Waals surface area contributed by atoms with Crippen LogP contribution < -0.4 is 0 Å². The molecule has 0 bridgehead atoms. The van der Waals surface area contributed by atoms with Crippen LogP contribution in [0.25, 0.3) is 0 Å². The Labute approximate surface area is 127 Å². The van der Waals surface area contributed by atoms with Crippen molar-refractivity contribution in [2.24, 2.45) is 0 Å². The van der Waals surface area contributed by atoms with Gasteiger partial charge in [-0.05, 0) is 30.7 Å². The number of aliphatic hydroxyl groups is 1. The van der Waals surface area contributed by atoms with Gasteiger partial charge < -0.3 is 19.0 Å². The Kier molecular flexibility index (Phi) is 5.32. The largest absolute Gasteiger partial charge is 0.465 e. The molecule has 0 aliphatic heterocycles. The first-order valence-corrected chi connectivity index (χ1v) is 6.76. The topological polar surface area (TPSA) is 86.0 Å². The van der Waals surface area contributed by atoms with Crippen LogP contribution in [0.15, 0.2) is 41.0 Å². The molecule has 2 aromatic rings. The number of carbonyl (C=O) groups excluding carboxylic acids is 2. The molecule has 6 nitrogen and oxygen atoms in total. The highest BCUT2D eigenvalue weighted by Gasteiger charge is 2.17. The molecule has 1 aromatic heterocycles. The number of benzene rings is 1. The zero-order valence-electron chi connectivity index (χ0n) is 12.1. The lowest BCUT2D eigenvalue weighted by Gasteiger charge is -2.05. The van der Waals surface area contributed by atoms with Crippen LogP contribution in [0.5, 0.6) is 0 Å². The number of hydrogen-bond donors (Lipinski definition) is 1.